The zero-order chi connectivity index (χ0) is 21.7. The topological polar surface area (TPSA) is 49.7 Å². The summed E-state index contributed by atoms with van der Waals surface area (Å²) in [4.78, 5) is 12.4. The molecule has 0 bridgehead atoms. The van der Waals surface area contributed by atoms with Crippen LogP contribution < -0.4 is 0 Å². The molecule has 0 radical (unpaired) electrons. The number of ketones is 1. The van der Waals surface area contributed by atoms with Crippen molar-refractivity contribution < 1.29 is 10.0 Å². The minimum Gasteiger partial charge on any atom is -0.411 e. The number of carbonyl (C=O) groups excluding carboxylic acids is 1. The summed E-state index contributed by atoms with van der Waals surface area (Å²) < 4.78 is 0. The molecule has 30 heavy (non-hydrogen) atoms. The lowest BCUT2D eigenvalue weighted by Crippen LogP contribution is -2.55. The van der Waals surface area contributed by atoms with E-state index < -0.39 is 0 Å². The second-order valence-electron chi connectivity index (χ2n) is 12.5. The number of hydrogen-bond acceptors (Lipinski definition) is 3. The third kappa shape index (κ3) is 3.56. The van der Waals surface area contributed by atoms with E-state index in [0.29, 0.717) is 35.8 Å². The first-order valence-corrected chi connectivity index (χ1v) is 12.9. The van der Waals surface area contributed by atoms with Crippen LogP contribution in [0.2, 0.25) is 0 Å². The van der Waals surface area contributed by atoms with Gasteiger partial charge in [-0.2, -0.15) is 0 Å². The Labute approximate surface area is 184 Å². The summed E-state index contributed by atoms with van der Waals surface area (Å²) in [6, 6.07) is 0. The molecule has 0 aromatic carbocycles. The van der Waals surface area contributed by atoms with Crippen LogP contribution in [0, 0.1) is 52.3 Å². The van der Waals surface area contributed by atoms with Gasteiger partial charge in [-0.15, -0.1) is 0 Å². The summed E-state index contributed by atoms with van der Waals surface area (Å²) in [6.45, 7) is 12.3. The Balaban J connectivity index is 1.50. The van der Waals surface area contributed by atoms with Crippen LogP contribution in [0.4, 0.5) is 0 Å². The van der Waals surface area contributed by atoms with Gasteiger partial charge in [0.15, 0.2) is 5.78 Å². The molecule has 0 heterocycles. The molecule has 0 aliphatic heterocycles. The van der Waals surface area contributed by atoms with E-state index in [1.807, 2.05) is 0 Å². The first-order valence-electron chi connectivity index (χ1n) is 12.9. The smallest absolute Gasteiger partial charge is 0.180 e. The zero-order valence-electron chi connectivity index (χ0n) is 20.1. The van der Waals surface area contributed by atoms with Crippen molar-refractivity contribution in [3.63, 3.8) is 0 Å². The number of Topliss-reactive ketones (excluding diaryl/α,β-unsaturated/α-hetero) is 1. The molecule has 4 aliphatic carbocycles. The highest BCUT2D eigenvalue weighted by molar-refractivity contribution is 6.40. The number of nitrogens with zero attached hydrogens (tertiary/aromatic N) is 1. The quantitative estimate of drug-likeness (QED) is 0.384. The van der Waals surface area contributed by atoms with Crippen molar-refractivity contribution >= 4 is 11.5 Å². The summed E-state index contributed by atoms with van der Waals surface area (Å²) >= 11 is 0. The highest BCUT2D eigenvalue weighted by atomic mass is 16.4. The van der Waals surface area contributed by atoms with Gasteiger partial charge in [-0.25, -0.2) is 0 Å². The Bertz CT molecular complexity index is 684. The van der Waals surface area contributed by atoms with Gasteiger partial charge < -0.3 is 5.21 Å². The molecule has 0 spiro atoms. The molecule has 0 unspecified atom stereocenters. The number of hydrogen-bond donors (Lipinski definition) is 1. The van der Waals surface area contributed by atoms with Gasteiger partial charge in [-0.05, 0) is 90.8 Å². The molecule has 0 aromatic heterocycles. The maximum atomic E-state index is 12.4. The Morgan fingerprint density at radius 2 is 1.73 bits per heavy atom. The first kappa shape index (κ1) is 22.3. The van der Waals surface area contributed by atoms with Crippen molar-refractivity contribution in [2.45, 2.75) is 105 Å². The molecule has 4 aliphatic rings. The lowest BCUT2D eigenvalue weighted by Gasteiger charge is -2.60. The van der Waals surface area contributed by atoms with Gasteiger partial charge in [0.1, 0.15) is 5.71 Å². The van der Waals surface area contributed by atoms with Crippen LogP contribution in [0.25, 0.3) is 0 Å². The minimum absolute atomic E-state index is 0.0928. The molecular weight excluding hydrogens is 370 g/mol. The minimum atomic E-state index is 0.0928. The number of fused-ring (bicyclic) bond motifs is 5. The van der Waals surface area contributed by atoms with Crippen LogP contribution in [0.15, 0.2) is 5.16 Å². The molecule has 0 aromatic rings. The van der Waals surface area contributed by atoms with E-state index >= 15 is 0 Å². The summed E-state index contributed by atoms with van der Waals surface area (Å²) in [5.41, 5.74) is 1.12. The Kier molecular flexibility index (Phi) is 6.14. The van der Waals surface area contributed by atoms with Crippen molar-refractivity contribution in [1.82, 2.24) is 0 Å². The molecule has 4 rings (SSSR count). The Hall–Kier alpha value is -0.860. The first-order chi connectivity index (χ1) is 14.2. The molecular formula is C27H45NO2. The van der Waals surface area contributed by atoms with Crippen molar-refractivity contribution in [2.75, 3.05) is 0 Å². The highest BCUT2D eigenvalue weighted by Crippen LogP contribution is 2.68. The SMILES string of the molecule is CC(C)CCC[C@@H](C)[C@@H]1CC[C@@H]2[C@@H]3CC[C@H]4CC(=O)/C(=N/O)C[C@]4(C)[C@@H]3CC[C@]21C. The normalized spacial score (nSPS) is 45.9. The van der Waals surface area contributed by atoms with Gasteiger partial charge in [-0.3, -0.25) is 4.79 Å². The average molecular weight is 416 g/mol. The van der Waals surface area contributed by atoms with Crippen LogP contribution in [-0.2, 0) is 4.79 Å². The fraction of sp³-hybridized carbons (Fsp3) is 0.926. The number of oxime groups is 1. The van der Waals surface area contributed by atoms with Crippen molar-refractivity contribution in [1.29, 1.82) is 0 Å². The van der Waals surface area contributed by atoms with E-state index in [9.17, 15) is 10.0 Å². The number of carbonyl (C=O) groups is 1. The van der Waals surface area contributed by atoms with E-state index in [2.05, 4.69) is 39.8 Å². The maximum absolute atomic E-state index is 12.4. The lowest BCUT2D eigenvalue weighted by molar-refractivity contribution is -0.127. The largest absolute Gasteiger partial charge is 0.411 e. The van der Waals surface area contributed by atoms with Crippen molar-refractivity contribution in [3.05, 3.63) is 0 Å². The van der Waals surface area contributed by atoms with Gasteiger partial charge in [0.25, 0.3) is 0 Å². The third-order valence-corrected chi connectivity index (χ3v) is 10.7. The van der Waals surface area contributed by atoms with Gasteiger partial charge in [0.05, 0.1) is 0 Å². The fourth-order valence-electron chi connectivity index (χ4n) is 9.06. The molecule has 170 valence electrons. The monoisotopic (exact) mass is 415 g/mol. The van der Waals surface area contributed by atoms with Crippen LogP contribution >= 0.6 is 0 Å². The Morgan fingerprint density at radius 3 is 2.43 bits per heavy atom. The molecule has 1 N–H and O–H groups in total. The third-order valence-electron chi connectivity index (χ3n) is 10.7. The van der Waals surface area contributed by atoms with E-state index in [0.717, 1.165) is 29.6 Å². The summed E-state index contributed by atoms with van der Waals surface area (Å²) in [6.07, 6.45) is 13.5. The molecule has 0 saturated heterocycles. The van der Waals surface area contributed by atoms with Gasteiger partial charge in [0, 0.05) is 12.8 Å². The van der Waals surface area contributed by atoms with E-state index in [4.69, 9.17) is 0 Å². The lowest BCUT2D eigenvalue weighted by atomic mass is 9.44. The zero-order valence-corrected chi connectivity index (χ0v) is 20.1. The maximum Gasteiger partial charge on any atom is 0.180 e. The van der Waals surface area contributed by atoms with Crippen molar-refractivity contribution in [3.8, 4) is 0 Å². The van der Waals surface area contributed by atoms with Crippen LogP contribution in [0.3, 0.4) is 0 Å². The number of rotatable bonds is 5. The van der Waals surface area contributed by atoms with Crippen LogP contribution in [0.1, 0.15) is 105 Å². The Morgan fingerprint density at radius 1 is 1.00 bits per heavy atom. The highest BCUT2D eigenvalue weighted by Gasteiger charge is 2.61. The van der Waals surface area contributed by atoms with Crippen LogP contribution in [-0.4, -0.2) is 16.7 Å². The summed E-state index contributed by atoms with van der Waals surface area (Å²) in [5.74, 6) is 5.53. The molecule has 3 heteroatoms. The van der Waals surface area contributed by atoms with E-state index in [1.165, 1.54) is 57.8 Å². The summed E-state index contributed by atoms with van der Waals surface area (Å²) in [7, 11) is 0. The molecule has 8 atom stereocenters. The van der Waals surface area contributed by atoms with Gasteiger partial charge >= 0.3 is 0 Å². The standard InChI is InChI=1S/C27H45NO2/c1-17(2)7-6-8-18(3)21-11-12-22-20-10-9-19-15-25(29)24(28-30)16-27(19,5)23(20)13-14-26(21,22)4/h17-23,30H,6-16H2,1-5H3/b28-24+/t18-,19+,20+,21+,22-,23-,26+,27+/m1/s1. The average Bonchev–Trinajstić information content (AvgIpc) is 3.05. The van der Waals surface area contributed by atoms with Crippen molar-refractivity contribution in [2.24, 2.45) is 57.4 Å². The molecule has 0 amide bonds. The van der Waals surface area contributed by atoms with Gasteiger partial charge in [-0.1, -0.05) is 59.0 Å². The molecule has 3 nitrogen and oxygen atoms in total. The molecule has 4 saturated carbocycles. The van der Waals surface area contributed by atoms with Crippen LogP contribution in [0.5, 0.6) is 0 Å². The second-order valence-corrected chi connectivity index (χ2v) is 12.5. The predicted molar refractivity (Wildman–Crippen MR) is 123 cm³/mol. The molecule has 4 fully saturated rings. The second kappa shape index (κ2) is 8.24. The van der Waals surface area contributed by atoms with Gasteiger partial charge in [0.2, 0.25) is 0 Å². The predicted octanol–water partition coefficient (Wildman–Crippen LogP) is 7.12. The summed E-state index contributed by atoms with van der Waals surface area (Å²) in [5, 5.41) is 12.8. The fourth-order valence-corrected chi connectivity index (χ4v) is 9.06. The van der Waals surface area contributed by atoms with E-state index in [1.54, 1.807) is 0 Å². The van der Waals surface area contributed by atoms with E-state index in [-0.39, 0.29) is 11.2 Å².